The van der Waals surface area contributed by atoms with E-state index in [0.29, 0.717) is 11.7 Å². The summed E-state index contributed by atoms with van der Waals surface area (Å²) >= 11 is 0. The van der Waals surface area contributed by atoms with Crippen LogP contribution in [0, 0.1) is 5.82 Å². The quantitative estimate of drug-likeness (QED) is 0.315. The molecule has 0 saturated heterocycles. The van der Waals surface area contributed by atoms with E-state index >= 15 is 4.39 Å². The van der Waals surface area contributed by atoms with Gasteiger partial charge in [-0.3, -0.25) is 0 Å². The number of halogens is 1. The maximum absolute atomic E-state index is 15.2. The number of methoxy groups -OCH3 is 1. The minimum Gasteiger partial charge on any atom is -0.465 e. The van der Waals surface area contributed by atoms with E-state index in [0.717, 1.165) is 0 Å². The number of carbonyl (C=O) groups excluding carboxylic acids is 1. The van der Waals surface area contributed by atoms with Gasteiger partial charge in [0, 0.05) is 5.56 Å². The van der Waals surface area contributed by atoms with Crippen LogP contribution in [0.4, 0.5) is 4.39 Å². The molecule has 4 aromatic carbocycles. The van der Waals surface area contributed by atoms with Gasteiger partial charge in [-0.2, -0.15) is 0 Å². The van der Waals surface area contributed by atoms with E-state index in [-0.39, 0.29) is 5.56 Å². The second kappa shape index (κ2) is 9.24. The van der Waals surface area contributed by atoms with Crippen molar-refractivity contribution in [2.45, 2.75) is 6.16 Å². The third-order valence-corrected chi connectivity index (χ3v) is 9.83. The molecule has 0 radical (unpaired) electrons. The topological polar surface area (TPSA) is 26.3 Å². The summed E-state index contributed by atoms with van der Waals surface area (Å²) < 4.78 is 20.0. The molecule has 4 aromatic rings. The smallest absolute Gasteiger partial charge is 0.337 e. The highest BCUT2D eigenvalue weighted by molar-refractivity contribution is 7.95. The molecule has 31 heavy (non-hydrogen) atoms. The summed E-state index contributed by atoms with van der Waals surface area (Å²) in [5, 5.41) is 3.55. The average molecular weight is 429 g/mol. The van der Waals surface area contributed by atoms with Gasteiger partial charge in [0.05, 0.1) is 12.7 Å². The summed E-state index contributed by atoms with van der Waals surface area (Å²) in [5.74, 6) is -0.934. The number of benzene rings is 4. The lowest BCUT2D eigenvalue weighted by Gasteiger charge is -2.28. The molecule has 4 heteroatoms. The van der Waals surface area contributed by atoms with Gasteiger partial charge < -0.3 is 4.74 Å². The zero-order chi connectivity index (χ0) is 21.7. The van der Waals surface area contributed by atoms with Gasteiger partial charge in [-0.15, -0.1) is 0 Å². The van der Waals surface area contributed by atoms with Gasteiger partial charge >= 0.3 is 5.97 Å². The van der Waals surface area contributed by atoms with Crippen molar-refractivity contribution in [2.75, 3.05) is 7.11 Å². The van der Waals surface area contributed by atoms with E-state index in [9.17, 15) is 4.79 Å². The first kappa shape index (κ1) is 21.0. The molecule has 154 valence electrons. The predicted octanol–water partition coefficient (Wildman–Crippen LogP) is 5.11. The first-order chi connectivity index (χ1) is 15.1. The molecule has 0 spiro atoms. The number of hydrogen-bond acceptors (Lipinski definition) is 2. The molecule has 0 N–H and O–H groups in total. The molecular formula is C27H23FO2P+. The fraction of sp³-hybridized carbons (Fsp3) is 0.0741. The molecule has 0 amide bonds. The normalized spacial score (nSPS) is 11.2. The second-order valence-corrected chi connectivity index (χ2v) is 10.8. The van der Waals surface area contributed by atoms with Crippen molar-refractivity contribution in [3.8, 4) is 0 Å². The van der Waals surface area contributed by atoms with E-state index in [2.05, 4.69) is 36.4 Å². The summed E-state index contributed by atoms with van der Waals surface area (Å²) in [6.45, 7) is 0. The van der Waals surface area contributed by atoms with Crippen molar-refractivity contribution < 1.29 is 13.9 Å². The lowest BCUT2D eigenvalue weighted by Crippen LogP contribution is -2.32. The van der Waals surface area contributed by atoms with Crippen molar-refractivity contribution in [3.05, 3.63) is 126 Å². The summed E-state index contributed by atoms with van der Waals surface area (Å²) in [7, 11) is -0.908. The van der Waals surface area contributed by atoms with Crippen LogP contribution >= 0.6 is 7.26 Å². The van der Waals surface area contributed by atoms with E-state index in [1.54, 1.807) is 12.1 Å². The van der Waals surface area contributed by atoms with Gasteiger partial charge in [0.2, 0.25) is 0 Å². The zero-order valence-electron chi connectivity index (χ0n) is 17.2. The number of carbonyl (C=O) groups is 1. The molecule has 0 bridgehead atoms. The predicted molar refractivity (Wildman–Crippen MR) is 127 cm³/mol. The second-order valence-electron chi connectivity index (χ2n) is 7.27. The van der Waals surface area contributed by atoms with Crippen LogP contribution in [0.3, 0.4) is 0 Å². The molecule has 0 aliphatic rings. The van der Waals surface area contributed by atoms with Crippen LogP contribution in [0.5, 0.6) is 0 Å². The fourth-order valence-corrected chi connectivity index (χ4v) is 8.20. The molecule has 0 atom stereocenters. The van der Waals surface area contributed by atoms with E-state index in [4.69, 9.17) is 4.74 Å². The third kappa shape index (κ3) is 4.15. The summed E-state index contributed by atoms with van der Waals surface area (Å²) in [6, 6.07) is 35.6. The summed E-state index contributed by atoms with van der Waals surface area (Å²) in [5.41, 5.74) is 0.796. The average Bonchev–Trinajstić information content (AvgIpc) is 2.84. The van der Waals surface area contributed by atoms with Gasteiger partial charge in [0.1, 0.15) is 35.2 Å². The van der Waals surface area contributed by atoms with Crippen molar-refractivity contribution in [1.82, 2.24) is 0 Å². The van der Waals surface area contributed by atoms with Gasteiger partial charge in [0.25, 0.3) is 0 Å². The molecule has 0 heterocycles. The Morgan fingerprint density at radius 1 is 0.742 bits per heavy atom. The standard InChI is InChI=1S/C27H23FO2P/c1-30-27(29)21-17-18-22(26(28)19-21)20-31(23-11-5-2-6-12-23,24-13-7-3-8-14-24)25-15-9-4-10-16-25/h2-19H,20H2,1H3/q+1. The summed E-state index contributed by atoms with van der Waals surface area (Å²) in [6.07, 6.45) is 0.512. The van der Waals surface area contributed by atoms with Crippen LogP contribution in [0.25, 0.3) is 0 Å². The van der Waals surface area contributed by atoms with E-state index in [1.807, 2.05) is 54.6 Å². The van der Waals surface area contributed by atoms with Crippen molar-refractivity contribution in [2.24, 2.45) is 0 Å². The zero-order valence-corrected chi connectivity index (χ0v) is 18.1. The first-order valence-corrected chi connectivity index (χ1v) is 12.0. The van der Waals surface area contributed by atoms with Crippen molar-refractivity contribution >= 4 is 29.1 Å². The third-order valence-electron chi connectivity index (χ3n) is 5.47. The Balaban J connectivity index is 1.94. The molecular weight excluding hydrogens is 406 g/mol. The lowest BCUT2D eigenvalue weighted by atomic mass is 10.1. The molecule has 0 aliphatic carbocycles. The molecule has 0 unspecified atom stereocenters. The van der Waals surface area contributed by atoms with Gasteiger partial charge in [-0.1, -0.05) is 60.7 Å². The van der Waals surface area contributed by atoms with Crippen LogP contribution in [-0.4, -0.2) is 13.1 Å². The number of rotatable bonds is 6. The minimum absolute atomic E-state index is 0.215. The fourth-order valence-electron chi connectivity index (χ4n) is 3.94. The molecule has 2 nitrogen and oxygen atoms in total. The highest BCUT2D eigenvalue weighted by Gasteiger charge is 2.45. The maximum atomic E-state index is 15.2. The Hall–Kier alpha value is -3.29. The molecule has 0 saturated carbocycles. The minimum atomic E-state index is -2.20. The SMILES string of the molecule is COC(=O)c1ccc(C[P+](c2ccccc2)(c2ccccc2)c2ccccc2)c(F)c1. The maximum Gasteiger partial charge on any atom is 0.337 e. The van der Waals surface area contributed by atoms with Gasteiger partial charge in [-0.25, -0.2) is 9.18 Å². The summed E-state index contributed by atoms with van der Waals surface area (Å²) in [4.78, 5) is 11.8. The molecule has 0 fully saturated rings. The number of ether oxygens (including phenoxy) is 1. The first-order valence-electron chi connectivity index (χ1n) is 10.1. The van der Waals surface area contributed by atoms with Crippen LogP contribution in [-0.2, 0) is 10.9 Å². The number of esters is 1. The van der Waals surface area contributed by atoms with Crippen LogP contribution in [0.2, 0.25) is 0 Å². The number of hydrogen-bond donors (Lipinski definition) is 0. The Kier molecular flexibility index (Phi) is 6.25. The van der Waals surface area contributed by atoms with Gasteiger partial charge in [0.15, 0.2) is 0 Å². The Bertz CT molecular complexity index is 1070. The van der Waals surface area contributed by atoms with Crippen LogP contribution < -0.4 is 15.9 Å². The highest BCUT2D eigenvalue weighted by Crippen LogP contribution is 2.58. The Morgan fingerprint density at radius 2 is 1.19 bits per heavy atom. The highest BCUT2D eigenvalue weighted by atomic mass is 31.2. The van der Waals surface area contributed by atoms with Gasteiger partial charge in [-0.05, 0) is 48.5 Å². The molecule has 0 aliphatic heterocycles. The van der Waals surface area contributed by atoms with Crippen molar-refractivity contribution in [3.63, 3.8) is 0 Å². The van der Waals surface area contributed by atoms with Crippen molar-refractivity contribution in [1.29, 1.82) is 0 Å². The molecule has 0 aromatic heterocycles. The van der Waals surface area contributed by atoms with Crippen LogP contribution in [0.1, 0.15) is 15.9 Å². The monoisotopic (exact) mass is 429 g/mol. The lowest BCUT2D eigenvalue weighted by molar-refractivity contribution is 0.0600. The van der Waals surface area contributed by atoms with E-state index < -0.39 is 19.0 Å². The Morgan fingerprint density at radius 3 is 1.58 bits per heavy atom. The molecule has 4 rings (SSSR count). The van der Waals surface area contributed by atoms with Crippen LogP contribution in [0.15, 0.2) is 109 Å². The largest absolute Gasteiger partial charge is 0.465 e. The Labute approximate surface area is 182 Å². The van der Waals surface area contributed by atoms with E-state index in [1.165, 1.54) is 29.1 Å².